The SMILES string of the molecule is CN1C(=O)Cc2cc(C(O)C3CCCN3)ccc21. The Kier molecular flexibility index (Phi) is 2.84. The van der Waals surface area contributed by atoms with Gasteiger partial charge in [0.2, 0.25) is 5.91 Å². The lowest BCUT2D eigenvalue weighted by molar-refractivity contribution is -0.117. The van der Waals surface area contributed by atoms with Gasteiger partial charge in [0.25, 0.3) is 0 Å². The van der Waals surface area contributed by atoms with Crippen molar-refractivity contribution in [2.45, 2.75) is 31.4 Å². The highest BCUT2D eigenvalue weighted by Gasteiger charge is 2.28. The number of amides is 1. The van der Waals surface area contributed by atoms with Crippen LogP contribution in [0.1, 0.15) is 30.1 Å². The van der Waals surface area contributed by atoms with E-state index in [1.54, 1.807) is 11.9 Å². The van der Waals surface area contributed by atoms with Crippen LogP contribution in [-0.2, 0) is 11.2 Å². The fourth-order valence-corrected chi connectivity index (χ4v) is 2.89. The minimum absolute atomic E-state index is 0.121. The van der Waals surface area contributed by atoms with Gasteiger partial charge >= 0.3 is 0 Å². The molecule has 2 aliphatic rings. The molecule has 18 heavy (non-hydrogen) atoms. The molecule has 0 saturated carbocycles. The van der Waals surface area contributed by atoms with Crippen molar-refractivity contribution in [2.24, 2.45) is 0 Å². The molecule has 0 aliphatic carbocycles. The Labute approximate surface area is 107 Å². The van der Waals surface area contributed by atoms with Crippen LogP contribution in [-0.4, -0.2) is 30.6 Å². The zero-order valence-corrected chi connectivity index (χ0v) is 10.5. The maximum absolute atomic E-state index is 11.6. The largest absolute Gasteiger partial charge is 0.387 e. The molecule has 2 unspecified atom stereocenters. The van der Waals surface area contributed by atoms with E-state index in [9.17, 15) is 9.90 Å². The highest BCUT2D eigenvalue weighted by molar-refractivity contribution is 6.00. The van der Waals surface area contributed by atoms with Crippen molar-refractivity contribution in [3.63, 3.8) is 0 Å². The third-order valence-electron chi connectivity index (χ3n) is 4.00. The number of carbonyl (C=O) groups is 1. The molecular formula is C14H18N2O2. The van der Waals surface area contributed by atoms with E-state index in [1.807, 2.05) is 18.2 Å². The van der Waals surface area contributed by atoms with Crippen molar-refractivity contribution >= 4 is 11.6 Å². The van der Waals surface area contributed by atoms with E-state index in [-0.39, 0.29) is 11.9 Å². The molecule has 2 aliphatic heterocycles. The molecule has 0 bridgehead atoms. The van der Waals surface area contributed by atoms with Gasteiger partial charge in [-0.3, -0.25) is 4.79 Å². The monoisotopic (exact) mass is 246 g/mol. The van der Waals surface area contributed by atoms with E-state index in [4.69, 9.17) is 0 Å². The normalized spacial score (nSPS) is 24.4. The minimum Gasteiger partial charge on any atom is -0.387 e. The lowest BCUT2D eigenvalue weighted by Gasteiger charge is -2.19. The summed E-state index contributed by atoms with van der Waals surface area (Å²) >= 11 is 0. The smallest absolute Gasteiger partial charge is 0.231 e. The van der Waals surface area contributed by atoms with Crippen LogP contribution in [0.5, 0.6) is 0 Å². The van der Waals surface area contributed by atoms with Crippen molar-refractivity contribution in [1.29, 1.82) is 0 Å². The van der Waals surface area contributed by atoms with Crippen LogP contribution in [0.3, 0.4) is 0 Å². The Balaban J connectivity index is 1.87. The van der Waals surface area contributed by atoms with Crippen LogP contribution in [0.25, 0.3) is 0 Å². The number of benzene rings is 1. The van der Waals surface area contributed by atoms with Gasteiger partial charge in [0, 0.05) is 18.8 Å². The second-order valence-electron chi connectivity index (χ2n) is 5.17. The standard InChI is InChI=1S/C14H18N2O2/c1-16-12-5-4-9(7-10(12)8-13(16)17)14(18)11-3-2-6-15-11/h4-5,7,11,14-15,18H,2-3,6,8H2,1H3. The van der Waals surface area contributed by atoms with Crippen LogP contribution in [0.15, 0.2) is 18.2 Å². The molecule has 3 rings (SSSR count). The minimum atomic E-state index is -0.473. The molecule has 4 heteroatoms. The lowest BCUT2D eigenvalue weighted by atomic mass is 9.98. The predicted molar refractivity (Wildman–Crippen MR) is 69.5 cm³/mol. The summed E-state index contributed by atoms with van der Waals surface area (Å²) in [6.07, 6.45) is 2.11. The number of rotatable bonds is 2. The number of aliphatic hydroxyl groups is 1. The van der Waals surface area contributed by atoms with Gasteiger partial charge in [-0.1, -0.05) is 12.1 Å². The summed E-state index contributed by atoms with van der Waals surface area (Å²) in [6, 6.07) is 5.99. The van der Waals surface area contributed by atoms with E-state index in [1.165, 1.54) is 0 Å². The van der Waals surface area contributed by atoms with Gasteiger partial charge in [0.1, 0.15) is 0 Å². The summed E-state index contributed by atoms with van der Waals surface area (Å²) in [7, 11) is 1.79. The van der Waals surface area contributed by atoms with Crippen molar-refractivity contribution < 1.29 is 9.90 Å². The highest BCUT2D eigenvalue weighted by Crippen LogP contribution is 2.31. The molecule has 2 heterocycles. The molecule has 4 nitrogen and oxygen atoms in total. The first-order chi connectivity index (χ1) is 8.66. The molecule has 0 radical (unpaired) electrons. The molecule has 1 saturated heterocycles. The van der Waals surface area contributed by atoms with Crippen LogP contribution >= 0.6 is 0 Å². The van der Waals surface area contributed by atoms with Gasteiger partial charge in [-0.2, -0.15) is 0 Å². The van der Waals surface area contributed by atoms with Gasteiger partial charge in [-0.25, -0.2) is 0 Å². The quantitative estimate of drug-likeness (QED) is 0.818. The molecule has 1 fully saturated rings. The van der Waals surface area contributed by atoms with Crippen molar-refractivity contribution in [3.8, 4) is 0 Å². The molecule has 2 atom stereocenters. The van der Waals surface area contributed by atoms with Crippen LogP contribution in [0.2, 0.25) is 0 Å². The van der Waals surface area contributed by atoms with Gasteiger partial charge in [-0.15, -0.1) is 0 Å². The van der Waals surface area contributed by atoms with Crippen LogP contribution in [0, 0.1) is 0 Å². The molecular weight excluding hydrogens is 228 g/mol. The lowest BCUT2D eigenvalue weighted by Crippen LogP contribution is -2.28. The Morgan fingerprint density at radius 1 is 1.50 bits per heavy atom. The van der Waals surface area contributed by atoms with E-state index in [2.05, 4.69) is 5.32 Å². The number of hydrogen-bond acceptors (Lipinski definition) is 3. The number of carbonyl (C=O) groups excluding carboxylic acids is 1. The first kappa shape index (κ1) is 11.7. The molecule has 96 valence electrons. The second kappa shape index (κ2) is 4.37. The highest BCUT2D eigenvalue weighted by atomic mass is 16.3. The number of aliphatic hydroxyl groups excluding tert-OH is 1. The van der Waals surface area contributed by atoms with Gasteiger partial charge in [0.05, 0.1) is 12.5 Å². The summed E-state index contributed by atoms with van der Waals surface area (Å²) in [4.78, 5) is 13.3. The van der Waals surface area contributed by atoms with Gasteiger partial charge in [0.15, 0.2) is 0 Å². The number of fused-ring (bicyclic) bond motifs is 1. The van der Waals surface area contributed by atoms with Crippen LogP contribution in [0.4, 0.5) is 5.69 Å². The van der Waals surface area contributed by atoms with Crippen molar-refractivity contribution in [3.05, 3.63) is 29.3 Å². The first-order valence-electron chi connectivity index (χ1n) is 6.47. The Bertz CT molecular complexity index is 481. The molecule has 0 aromatic heterocycles. The molecule has 1 aromatic carbocycles. The average Bonchev–Trinajstić information content (AvgIpc) is 2.98. The Morgan fingerprint density at radius 2 is 2.33 bits per heavy atom. The third-order valence-corrected chi connectivity index (χ3v) is 4.00. The fourth-order valence-electron chi connectivity index (χ4n) is 2.89. The summed E-state index contributed by atoms with van der Waals surface area (Å²) in [5, 5.41) is 13.6. The summed E-state index contributed by atoms with van der Waals surface area (Å²) in [5.74, 6) is 0.121. The summed E-state index contributed by atoms with van der Waals surface area (Å²) in [5.41, 5.74) is 2.91. The molecule has 1 amide bonds. The molecule has 0 spiro atoms. The maximum atomic E-state index is 11.6. The van der Waals surface area contributed by atoms with Gasteiger partial charge in [-0.05, 0) is 36.6 Å². The number of hydrogen-bond donors (Lipinski definition) is 2. The van der Waals surface area contributed by atoms with Crippen molar-refractivity contribution in [2.75, 3.05) is 18.5 Å². The Hall–Kier alpha value is -1.39. The second-order valence-corrected chi connectivity index (χ2v) is 5.17. The first-order valence-corrected chi connectivity index (χ1v) is 6.47. The van der Waals surface area contributed by atoms with Crippen molar-refractivity contribution in [1.82, 2.24) is 5.32 Å². The fraction of sp³-hybridized carbons (Fsp3) is 0.500. The Morgan fingerprint density at radius 3 is 3.06 bits per heavy atom. The third kappa shape index (κ3) is 1.82. The zero-order valence-electron chi connectivity index (χ0n) is 10.5. The van der Waals surface area contributed by atoms with Gasteiger partial charge < -0.3 is 15.3 Å². The molecule has 1 aromatic rings. The van der Waals surface area contributed by atoms with E-state index >= 15 is 0 Å². The zero-order chi connectivity index (χ0) is 12.7. The molecule has 2 N–H and O–H groups in total. The topological polar surface area (TPSA) is 52.6 Å². The number of nitrogens with one attached hydrogen (secondary N) is 1. The number of likely N-dealkylation sites (N-methyl/N-ethyl adjacent to an activating group) is 1. The predicted octanol–water partition coefficient (Wildman–Crippen LogP) is 0.991. The number of nitrogens with zero attached hydrogens (tertiary/aromatic N) is 1. The van der Waals surface area contributed by atoms with E-state index in [0.717, 1.165) is 36.2 Å². The number of anilines is 1. The summed E-state index contributed by atoms with van der Waals surface area (Å²) < 4.78 is 0. The van der Waals surface area contributed by atoms with E-state index in [0.29, 0.717) is 6.42 Å². The maximum Gasteiger partial charge on any atom is 0.231 e. The average molecular weight is 246 g/mol. The summed E-state index contributed by atoms with van der Waals surface area (Å²) in [6.45, 7) is 0.980. The van der Waals surface area contributed by atoms with E-state index < -0.39 is 6.10 Å². The van der Waals surface area contributed by atoms with Crippen LogP contribution < -0.4 is 10.2 Å².